The van der Waals surface area contributed by atoms with Crippen LogP contribution in [0.25, 0.3) is 0 Å². The van der Waals surface area contributed by atoms with Crippen molar-refractivity contribution in [3.63, 3.8) is 0 Å². The molecule has 1 fully saturated rings. The molecular weight excluding hydrogens is 167 g/mol. The van der Waals surface area contributed by atoms with Crippen molar-refractivity contribution < 1.29 is 9.50 Å². The van der Waals surface area contributed by atoms with E-state index in [1.807, 2.05) is 0 Å². The molecule has 1 rings (SSSR count). The molecular formula is C11H21FO. The van der Waals surface area contributed by atoms with Gasteiger partial charge in [0.25, 0.3) is 0 Å². The Balaban J connectivity index is 2.57. The van der Waals surface area contributed by atoms with Crippen LogP contribution in [0.3, 0.4) is 0 Å². The van der Waals surface area contributed by atoms with Crippen LogP contribution >= 0.6 is 0 Å². The lowest BCUT2D eigenvalue weighted by Crippen LogP contribution is -2.28. The third-order valence-corrected chi connectivity index (χ3v) is 3.63. The fraction of sp³-hybridized carbons (Fsp3) is 1.00. The highest BCUT2D eigenvalue weighted by Crippen LogP contribution is 2.47. The molecule has 0 aromatic rings. The van der Waals surface area contributed by atoms with E-state index in [2.05, 4.69) is 13.8 Å². The molecule has 0 saturated heterocycles. The van der Waals surface area contributed by atoms with E-state index in [4.69, 9.17) is 0 Å². The second-order valence-electron chi connectivity index (χ2n) is 4.56. The number of aliphatic hydroxyl groups excluding tert-OH is 1. The smallest absolute Gasteiger partial charge is 0.101 e. The summed E-state index contributed by atoms with van der Waals surface area (Å²) in [7, 11) is 0. The van der Waals surface area contributed by atoms with Crippen molar-refractivity contribution in [2.75, 3.05) is 6.61 Å². The van der Waals surface area contributed by atoms with E-state index in [1.165, 1.54) is 0 Å². The Morgan fingerprint density at radius 2 is 2.23 bits per heavy atom. The first kappa shape index (κ1) is 11.0. The van der Waals surface area contributed by atoms with Crippen LogP contribution in [0.15, 0.2) is 0 Å². The molecule has 0 aromatic carbocycles. The molecule has 13 heavy (non-hydrogen) atoms. The minimum absolute atomic E-state index is 0.102. The Hall–Kier alpha value is -0.110. The maximum Gasteiger partial charge on any atom is 0.101 e. The van der Waals surface area contributed by atoms with Crippen molar-refractivity contribution in [3.05, 3.63) is 0 Å². The minimum Gasteiger partial charge on any atom is -0.396 e. The van der Waals surface area contributed by atoms with Crippen LogP contribution in [0, 0.1) is 11.3 Å². The SMILES string of the molecule is CCCC[C@@]1(CO)C[C@@H](F)CC1C. The van der Waals surface area contributed by atoms with Crippen LogP contribution in [0.1, 0.15) is 46.0 Å². The standard InChI is InChI=1S/C11H21FO/c1-3-4-5-11(8-13)7-10(12)6-9(11)2/h9-10,13H,3-8H2,1-2H3/t9?,10-,11-/m0/s1. The Morgan fingerprint density at radius 3 is 2.62 bits per heavy atom. The van der Waals surface area contributed by atoms with E-state index in [-0.39, 0.29) is 12.0 Å². The monoisotopic (exact) mass is 188 g/mol. The second kappa shape index (κ2) is 4.41. The molecule has 1 nitrogen and oxygen atoms in total. The van der Waals surface area contributed by atoms with Gasteiger partial charge in [-0.1, -0.05) is 26.7 Å². The maximum absolute atomic E-state index is 13.2. The molecule has 3 atom stereocenters. The number of halogens is 1. The molecule has 78 valence electrons. The molecule has 0 radical (unpaired) electrons. The van der Waals surface area contributed by atoms with Crippen LogP contribution in [-0.2, 0) is 0 Å². The Bertz CT molecular complexity index is 160. The maximum atomic E-state index is 13.2. The van der Waals surface area contributed by atoms with Crippen LogP contribution in [0.2, 0.25) is 0 Å². The van der Waals surface area contributed by atoms with Crippen molar-refractivity contribution in [2.45, 2.75) is 52.1 Å². The summed E-state index contributed by atoms with van der Waals surface area (Å²) in [5.41, 5.74) is -0.102. The topological polar surface area (TPSA) is 20.2 Å². The molecule has 1 saturated carbocycles. The van der Waals surface area contributed by atoms with Gasteiger partial charge < -0.3 is 5.11 Å². The van der Waals surface area contributed by atoms with Gasteiger partial charge in [0, 0.05) is 6.61 Å². The summed E-state index contributed by atoms with van der Waals surface area (Å²) in [6.45, 7) is 4.37. The van der Waals surface area contributed by atoms with E-state index in [0.29, 0.717) is 18.8 Å². The quantitative estimate of drug-likeness (QED) is 0.719. The summed E-state index contributed by atoms with van der Waals surface area (Å²) in [6.07, 6.45) is 3.76. The summed E-state index contributed by atoms with van der Waals surface area (Å²) in [4.78, 5) is 0. The Morgan fingerprint density at radius 1 is 1.54 bits per heavy atom. The first-order chi connectivity index (χ1) is 6.14. The average Bonchev–Trinajstić information content (AvgIpc) is 2.38. The van der Waals surface area contributed by atoms with Gasteiger partial charge in [-0.2, -0.15) is 0 Å². The largest absolute Gasteiger partial charge is 0.396 e. The van der Waals surface area contributed by atoms with E-state index in [9.17, 15) is 9.50 Å². The fourth-order valence-electron chi connectivity index (χ4n) is 2.54. The van der Waals surface area contributed by atoms with Crippen LogP contribution in [0.5, 0.6) is 0 Å². The third kappa shape index (κ3) is 2.22. The third-order valence-electron chi connectivity index (χ3n) is 3.63. The summed E-state index contributed by atoms with van der Waals surface area (Å²) in [5, 5.41) is 9.36. The molecule has 0 aromatic heterocycles. The van der Waals surface area contributed by atoms with Crippen molar-refractivity contribution >= 4 is 0 Å². The highest BCUT2D eigenvalue weighted by Gasteiger charge is 2.44. The van der Waals surface area contributed by atoms with E-state index in [1.54, 1.807) is 0 Å². The molecule has 1 unspecified atom stereocenters. The van der Waals surface area contributed by atoms with Crippen molar-refractivity contribution in [3.8, 4) is 0 Å². The normalized spacial score (nSPS) is 39.7. The van der Waals surface area contributed by atoms with Gasteiger partial charge in [-0.3, -0.25) is 0 Å². The molecule has 1 aliphatic rings. The van der Waals surface area contributed by atoms with E-state index >= 15 is 0 Å². The zero-order valence-corrected chi connectivity index (χ0v) is 8.72. The molecule has 1 N–H and O–H groups in total. The van der Waals surface area contributed by atoms with Crippen LogP contribution < -0.4 is 0 Å². The van der Waals surface area contributed by atoms with Gasteiger partial charge in [0.05, 0.1) is 0 Å². The number of aliphatic hydroxyl groups is 1. The van der Waals surface area contributed by atoms with Gasteiger partial charge in [0.1, 0.15) is 6.17 Å². The second-order valence-corrected chi connectivity index (χ2v) is 4.56. The van der Waals surface area contributed by atoms with Gasteiger partial charge >= 0.3 is 0 Å². The molecule has 0 spiro atoms. The number of alkyl halides is 1. The summed E-state index contributed by atoms with van der Waals surface area (Å²) >= 11 is 0. The molecule has 0 bridgehead atoms. The minimum atomic E-state index is -0.681. The van der Waals surface area contributed by atoms with Crippen molar-refractivity contribution in [1.29, 1.82) is 0 Å². The van der Waals surface area contributed by atoms with Gasteiger partial charge in [0.2, 0.25) is 0 Å². The lowest BCUT2D eigenvalue weighted by Gasteiger charge is -2.31. The molecule has 2 heteroatoms. The lowest BCUT2D eigenvalue weighted by atomic mass is 9.75. The van der Waals surface area contributed by atoms with Crippen LogP contribution in [-0.4, -0.2) is 17.9 Å². The van der Waals surface area contributed by atoms with Gasteiger partial charge in [-0.15, -0.1) is 0 Å². The van der Waals surface area contributed by atoms with Gasteiger partial charge in [-0.05, 0) is 30.6 Å². The van der Waals surface area contributed by atoms with E-state index in [0.717, 1.165) is 19.3 Å². The van der Waals surface area contributed by atoms with E-state index < -0.39 is 6.17 Å². The highest BCUT2D eigenvalue weighted by atomic mass is 19.1. The molecule has 1 aliphatic carbocycles. The zero-order chi connectivity index (χ0) is 9.90. The number of hydrogen-bond donors (Lipinski definition) is 1. The van der Waals surface area contributed by atoms with Gasteiger partial charge in [-0.25, -0.2) is 4.39 Å². The number of rotatable bonds is 4. The first-order valence-corrected chi connectivity index (χ1v) is 5.39. The predicted octanol–water partition coefficient (Wildman–Crippen LogP) is 2.92. The summed E-state index contributed by atoms with van der Waals surface area (Å²) in [6, 6.07) is 0. The molecule has 0 heterocycles. The Labute approximate surface area is 80.3 Å². The number of hydrogen-bond acceptors (Lipinski definition) is 1. The Kier molecular flexibility index (Phi) is 3.72. The zero-order valence-electron chi connectivity index (χ0n) is 8.72. The van der Waals surface area contributed by atoms with Crippen molar-refractivity contribution in [2.24, 2.45) is 11.3 Å². The number of unbranched alkanes of at least 4 members (excludes halogenated alkanes) is 1. The van der Waals surface area contributed by atoms with Gasteiger partial charge in [0.15, 0.2) is 0 Å². The lowest BCUT2D eigenvalue weighted by molar-refractivity contribution is 0.0757. The summed E-state index contributed by atoms with van der Waals surface area (Å²) in [5.74, 6) is 0.346. The highest BCUT2D eigenvalue weighted by molar-refractivity contribution is 4.93. The molecule has 0 aliphatic heterocycles. The van der Waals surface area contributed by atoms with Crippen molar-refractivity contribution in [1.82, 2.24) is 0 Å². The summed E-state index contributed by atoms with van der Waals surface area (Å²) < 4.78 is 13.2. The van der Waals surface area contributed by atoms with Crippen LogP contribution in [0.4, 0.5) is 4.39 Å². The fourth-order valence-corrected chi connectivity index (χ4v) is 2.54. The average molecular weight is 188 g/mol. The first-order valence-electron chi connectivity index (χ1n) is 5.39. The molecule has 0 amide bonds. The predicted molar refractivity (Wildman–Crippen MR) is 52.3 cm³/mol.